The van der Waals surface area contributed by atoms with Crippen LogP contribution in [0.25, 0.3) is 11.0 Å². The first-order valence-corrected chi connectivity index (χ1v) is 10.1. The van der Waals surface area contributed by atoms with Crippen molar-refractivity contribution in [2.24, 2.45) is 5.92 Å². The van der Waals surface area contributed by atoms with Gasteiger partial charge in [0.15, 0.2) is 5.76 Å². The van der Waals surface area contributed by atoms with Gasteiger partial charge in [0, 0.05) is 36.4 Å². The van der Waals surface area contributed by atoms with Crippen LogP contribution in [0.1, 0.15) is 43.6 Å². The predicted octanol–water partition coefficient (Wildman–Crippen LogP) is 3.46. The maximum atomic E-state index is 12.6. The Balaban J connectivity index is 1.51. The molecule has 28 heavy (non-hydrogen) atoms. The van der Waals surface area contributed by atoms with Gasteiger partial charge in [-0.15, -0.1) is 0 Å². The molecule has 2 aromatic rings. The number of para-hydroxylation sites is 1. The molecule has 6 heteroatoms. The Labute approximate surface area is 164 Å². The minimum absolute atomic E-state index is 0.0260. The van der Waals surface area contributed by atoms with Crippen molar-refractivity contribution in [3.8, 4) is 0 Å². The number of unbranched alkanes of at least 4 members (excludes halogenated alkanes) is 1. The fourth-order valence-electron chi connectivity index (χ4n) is 3.50. The van der Waals surface area contributed by atoms with Gasteiger partial charge < -0.3 is 24.3 Å². The van der Waals surface area contributed by atoms with Crippen molar-refractivity contribution in [1.29, 1.82) is 0 Å². The summed E-state index contributed by atoms with van der Waals surface area (Å²) in [6, 6.07) is 7.89. The third-order valence-electron chi connectivity index (χ3n) is 5.30. The zero-order valence-electron chi connectivity index (χ0n) is 15.9. The number of amides is 1. The van der Waals surface area contributed by atoms with Gasteiger partial charge in [-0.2, -0.15) is 0 Å². The summed E-state index contributed by atoms with van der Waals surface area (Å²) in [5.41, 5.74) is 1.87. The first-order valence-electron chi connectivity index (χ1n) is 10.1. The Bertz CT molecular complexity index is 838. The SMILES string of the molecule is O=C(NCC1CC1)C1=CC(c2coc3ccccc23)CC(OCCCCO)O1. The lowest BCUT2D eigenvalue weighted by Gasteiger charge is -2.29. The Morgan fingerprint density at radius 1 is 1.25 bits per heavy atom. The Hall–Kier alpha value is -2.31. The minimum Gasteiger partial charge on any atom is -0.464 e. The first kappa shape index (κ1) is 19.0. The largest absolute Gasteiger partial charge is 0.464 e. The number of carbonyl (C=O) groups excluding carboxylic acids is 1. The molecule has 0 saturated heterocycles. The van der Waals surface area contributed by atoms with Crippen LogP contribution < -0.4 is 5.32 Å². The highest BCUT2D eigenvalue weighted by Gasteiger charge is 2.31. The van der Waals surface area contributed by atoms with Crippen LogP contribution in [0.15, 0.2) is 46.8 Å². The highest BCUT2D eigenvalue weighted by Crippen LogP contribution is 2.36. The predicted molar refractivity (Wildman–Crippen MR) is 105 cm³/mol. The van der Waals surface area contributed by atoms with Crippen molar-refractivity contribution in [1.82, 2.24) is 5.32 Å². The molecule has 6 nitrogen and oxygen atoms in total. The van der Waals surface area contributed by atoms with E-state index in [1.165, 1.54) is 12.8 Å². The highest BCUT2D eigenvalue weighted by atomic mass is 16.7. The number of hydrogen-bond acceptors (Lipinski definition) is 5. The van der Waals surface area contributed by atoms with Crippen LogP contribution in [-0.4, -0.2) is 37.1 Å². The standard InChI is InChI=1S/C22H27NO5/c24-9-3-4-10-26-21-12-16(18-14-27-19-6-2-1-5-17(18)19)11-20(28-21)22(25)23-13-15-7-8-15/h1-2,5-6,11,14-16,21,24H,3-4,7-10,12-13H2,(H,23,25). The van der Waals surface area contributed by atoms with Gasteiger partial charge in [-0.3, -0.25) is 4.79 Å². The minimum atomic E-state index is -0.496. The summed E-state index contributed by atoms with van der Waals surface area (Å²) in [4.78, 5) is 12.6. The van der Waals surface area contributed by atoms with Gasteiger partial charge in [-0.25, -0.2) is 0 Å². The van der Waals surface area contributed by atoms with E-state index in [-0.39, 0.29) is 18.4 Å². The highest BCUT2D eigenvalue weighted by molar-refractivity contribution is 5.92. The molecule has 0 spiro atoms. The molecule has 1 saturated carbocycles. The van der Waals surface area contributed by atoms with Crippen LogP contribution >= 0.6 is 0 Å². The molecule has 2 heterocycles. The maximum absolute atomic E-state index is 12.6. The average molecular weight is 385 g/mol. The van der Waals surface area contributed by atoms with Gasteiger partial charge in [-0.05, 0) is 43.7 Å². The summed E-state index contributed by atoms with van der Waals surface area (Å²) >= 11 is 0. The van der Waals surface area contributed by atoms with E-state index >= 15 is 0 Å². The molecule has 1 aromatic heterocycles. The molecule has 150 valence electrons. The number of fused-ring (bicyclic) bond motifs is 1. The van der Waals surface area contributed by atoms with E-state index in [9.17, 15) is 4.79 Å². The second-order valence-electron chi connectivity index (χ2n) is 7.56. The first-order chi connectivity index (χ1) is 13.7. The topological polar surface area (TPSA) is 80.9 Å². The molecule has 1 aliphatic heterocycles. The summed E-state index contributed by atoms with van der Waals surface area (Å²) in [6.45, 7) is 1.33. The van der Waals surface area contributed by atoms with Crippen molar-refractivity contribution in [2.75, 3.05) is 19.8 Å². The molecule has 2 unspecified atom stereocenters. The zero-order valence-corrected chi connectivity index (χ0v) is 15.9. The van der Waals surface area contributed by atoms with Crippen LogP contribution in [0.4, 0.5) is 0 Å². The number of hydrogen-bond donors (Lipinski definition) is 2. The normalized spacial score (nSPS) is 22.0. The second-order valence-corrected chi connectivity index (χ2v) is 7.56. The van der Waals surface area contributed by atoms with Crippen molar-refractivity contribution < 1.29 is 23.8 Å². The van der Waals surface area contributed by atoms with Crippen molar-refractivity contribution >= 4 is 16.9 Å². The van der Waals surface area contributed by atoms with E-state index in [1.54, 1.807) is 6.26 Å². The number of carbonyl (C=O) groups is 1. The zero-order chi connectivity index (χ0) is 19.3. The van der Waals surface area contributed by atoms with E-state index in [1.807, 2.05) is 30.3 Å². The molecule has 1 fully saturated rings. The number of nitrogens with one attached hydrogen (secondary N) is 1. The molecule has 2 N–H and O–H groups in total. The molecule has 1 aromatic carbocycles. The van der Waals surface area contributed by atoms with Gasteiger partial charge >= 0.3 is 0 Å². The monoisotopic (exact) mass is 385 g/mol. The number of benzene rings is 1. The summed E-state index contributed by atoms with van der Waals surface area (Å²) in [5, 5.41) is 12.9. The average Bonchev–Trinajstić information content (AvgIpc) is 3.46. The van der Waals surface area contributed by atoms with E-state index in [2.05, 4.69) is 5.32 Å². The third-order valence-corrected chi connectivity index (χ3v) is 5.30. The Morgan fingerprint density at radius 3 is 2.93 bits per heavy atom. The van der Waals surface area contributed by atoms with Gasteiger partial charge in [0.25, 0.3) is 5.91 Å². The lowest BCUT2D eigenvalue weighted by molar-refractivity contribution is -0.146. The van der Waals surface area contributed by atoms with Gasteiger partial charge in [0.2, 0.25) is 6.29 Å². The number of aliphatic hydroxyl groups excluding tert-OH is 1. The fraction of sp³-hybridized carbons (Fsp3) is 0.500. The van der Waals surface area contributed by atoms with Crippen molar-refractivity contribution in [2.45, 2.75) is 44.3 Å². The third kappa shape index (κ3) is 4.56. The number of allylic oxidation sites excluding steroid dienone is 1. The number of furan rings is 1. The smallest absolute Gasteiger partial charge is 0.286 e. The van der Waals surface area contributed by atoms with Crippen molar-refractivity contribution in [3.63, 3.8) is 0 Å². The van der Waals surface area contributed by atoms with E-state index in [0.717, 1.165) is 23.0 Å². The van der Waals surface area contributed by atoms with Gasteiger partial charge in [0.05, 0.1) is 12.9 Å². The molecule has 0 radical (unpaired) electrons. The fourth-order valence-corrected chi connectivity index (χ4v) is 3.50. The van der Waals surface area contributed by atoms with E-state index in [4.69, 9.17) is 19.0 Å². The molecule has 4 rings (SSSR count). The molecule has 0 bridgehead atoms. The summed E-state index contributed by atoms with van der Waals surface area (Å²) in [7, 11) is 0. The number of ether oxygens (including phenoxy) is 2. The summed E-state index contributed by atoms with van der Waals surface area (Å²) in [6.07, 6.45) is 7.56. The molecule has 1 aliphatic carbocycles. The molecule has 2 aliphatic rings. The lowest BCUT2D eigenvalue weighted by Crippen LogP contribution is -2.33. The number of rotatable bonds is 9. The van der Waals surface area contributed by atoms with Crippen LogP contribution in [0.5, 0.6) is 0 Å². The molecular weight excluding hydrogens is 358 g/mol. The summed E-state index contributed by atoms with van der Waals surface area (Å²) < 4.78 is 17.4. The van der Waals surface area contributed by atoms with Gasteiger partial charge in [0.1, 0.15) is 5.58 Å². The van der Waals surface area contributed by atoms with Gasteiger partial charge in [-0.1, -0.05) is 18.2 Å². The van der Waals surface area contributed by atoms with Crippen LogP contribution in [0.3, 0.4) is 0 Å². The van der Waals surface area contributed by atoms with Crippen LogP contribution in [-0.2, 0) is 14.3 Å². The van der Waals surface area contributed by atoms with Crippen LogP contribution in [0.2, 0.25) is 0 Å². The maximum Gasteiger partial charge on any atom is 0.286 e. The van der Waals surface area contributed by atoms with E-state index < -0.39 is 6.29 Å². The molecule has 2 atom stereocenters. The molecule has 1 amide bonds. The molecular formula is C22H27NO5. The lowest BCUT2D eigenvalue weighted by atomic mass is 9.92. The Morgan fingerprint density at radius 2 is 2.11 bits per heavy atom. The Kier molecular flexibility index (Phi) is 5.98. The van der Waals surface area contributed by atoms with Crippen LogP contribution in [0, 0.1) is 5.92 Å². The second kappa shape index (κ2) is 8.80. The van der Waals surface area contributed by atoms with Crippen molar-refractivity contribution in [3.05, 3.63) is 47.9 Å². The van der Waals surface area contributed by atoms with E-state index in [0.29, 0.717) is 37.7 Å². The summed E-state index contributed by atoms with van der Waals surface area (Å²) in [5.74, 6) is 0.705. The number of aliphatic hydroxyl groups is 1. The quantitative estimate of drug-likeness (QED) is 0.646.